The summed E-state index contributed by atoms with van der Waals surface area (Å²) in [6, 6.07) is 3.23. The van der Waals surface area contributed by atoms with Gasteiger partial charge in [0.15, 0.2) is 5.78 Å². The van der Waals surface area contributed by atoms with Crippen LogP contribution in [-0.4, -0.2) is 48.2 Å². The first kappa shape index (κ1) is 25.8. The molecular formula is C24H34N2O5S. The van der Waals surface area contributed by atoms with Gasteiger partial charge in [0.2, 0.25) is 10.0 Å². The summed E-state index contributed by atoms with van der Waals surface area (Å²) in [6.07, 6.45) is 0. The topological polar surface area (TPSA) is 85.7 Å². The van der Waals surface area contributed by atoms with Crippen LogP contribution in [0, 0.1) is 34.6 Å². The van der Waals surface area contributed by atoms with Crippen molar-refractivity contribution >= 4 is 21.8 Å². The van der Waals surface area contributed by atoms with Gasteiger partial charge in [0.1, 0.15) is 5.69 Å². The second kappa shape index (κ2) is 9.58. The smallest absolute Gasteiger partial charge is 0.355 e. The summed E-state index contributed by atoms with van der Waals surface area (Å²) in [7, 11) is -2.23. The Morgan fingerprint density at radius 1 is 1.06 bits per heavy atom. The number of aryl methyl sites for hydroxylation is 3. The molecule has 0 bridgehead atoms. The fourth-order valence-electron chi connectivity index (χ4n) is 4.33. The number of hydrogen-bond acceptors (Lipinski definition) is 5. The summed E-state index contributed by atoms with van der Waals surface area (Å²) in [4.78, 5) is 26.0. The van der Waals surface area contributed by atoms with Crippen molar-refractivity contribution in [1.29, 1.82) is 0 Å². The average molecular weight is 463 g/mol. The van der Waals surface area contributed by atoms with Gasteiger partial charge >= 0.3 is 5.97 Å². The van der Waals surface area contributed by atoms with Crippen molar-refractivity contribution in [1.82, 2.24) is 8.87 Å². The normalized spacial score (nSPS) is 12.0. The standard InChI is InChI=1S/C24H34N2O5S/c1-10-31-24(28)22-18(7)21(19(8)25(22)9)20(27)13-26(14(2)3)32(29,30)23-16(5)11-15(4)12-17(23)6/h11-12,14H,10,13H2,1-9H3. The quantitative estimate of drug-likeness (QED) is 0.437. The molecule has 0 N–H and O–H groups in total. The largest absolute Gasteiger partial charge is 0.461 e. The SMILES string of the molecule is CCOC(=O)c1c(C)c(C(=O)CN(C(C)C)S(=O)(=O)c2c(C)cc(C)cc2C)c(C)n1C. The number of sulfonamides is 1. The first-order chi connectivity index (χ1) is 14.7. The lowest BCUT2D eigenvalue weighted by Gasteiger charge is -2.27. The molecule has 0 spiro atoms. The van der Waals surface area contributed by atoms with Crippen LogP contribution in [0.1, 0.15) is 69.6 Å². The summed E-state index contributed by atoms with van der Waals surface area (Å²) >= 11 is 0. The van der Waals surface area contributed by atoms with E-state index in [1.54, 1.807) is 60.1 Å². The fraction of sp³-hybridized carbons (Fsp3) is 0.500. The third kappa shape index (κ3) is 4.66. The van der Waals surface area contributed by atoms with E-state index in [2.05, 4.69) is 0 Å². The molecule has 2 aromatic rings. The average Bonchev–Trinajstić information content (AvgIpc) is 2.87. The molecule has 8 heteroatoms. The number of carbonyl (C=O) groups is 2. The van der Waals surface area contributed by atoms with E-state index in [0.717, 1.165) is 5.56 Å². The van der Waals surface area contributed by atoms with E-state index >= 15 is 0 Å². The van der Waals surface area contributed by atoms with Gasteiger partial charge in [-0.3, -0.25) is 4.79 Å². The van der Waals surface area contributed by atoms with Crippen molar-refractivity contribution in [2.45, 2.75) is 66.3 Å². The molecule has 0 fully saturated rings. The molecule has 0 saturated heterocycles. The molecule has 0 aliphatic heterocycles. The Labute approximate surface area is 191 Å². The van der Waals surface area contributed by atoms with E-state index in [1.807, 2.05) is 19.1 Å². The molecule has 0 aliphatic rings. The predicted molar refractivity (Wildman–Crippen MR) is 125 cm³/mol. The monoisotopic (exact) mass is 462 g/mol. The molecule has 1 aromatic carbocycles. The summed E-state index contributed by atoms with van der Waals surface area (Å²) in [5, 5.41) is 0. The Bertz CT molecular complexity index is 1140. The Balaban J connectivity index is 2.54. The van der Waals surface area contributed by atoms with Crippen molar-refractivity contribution in [2.75, 3.05) is 13.2 Å². The minimum atomic E-state index is -3.92. The molecule has 7 nitrogen and oxygen atoms in total. The highest BCUT2D eigenvalue weighted by molar-refractivity contribution is 7.89. The van der Waals surface area contributed by atoms with E-state index in [9.17, 15) is 18.0 Å². The van der Waals surface area contributed by atoms with Gasteiger partial charge in [0, 0.05) is 24.3 Å². The zero-order valence-electron chi connectivity index (χ0n) is 20.5. The van der Waals surface area contributed by atoms with E-state index in [1.165, 1.54) is 4.31 Å². The summed E-state index contributed by atoms with van der Waals surface area (Å²) in [6.45, 7) is 14.0. The minimum Gasteiger partial charge on any atom is -0.461 e. The molecule has 0 aliphatic carbocycles. The van der Waals surface area contributed by atoms with Crippen LogP contribution in [0.4, 0.5) is 0 Å². The van der Waals surface area contributed by atoms with E-state index in [4.69, 9.17) is 4.74 Å². The lowest BCUT2D eigenvalue weighted by molar-refractivity contribution is 0.0514. The Hall–Kier alpha value is -2.45. The third-order valence-electron chi connectivity index (χ3n) is 5.72. The number of aromatic nitrogens is 1. The number of rotatable bonds is 8. The number of hydrogen-bond donors (Lipinski definition) is 0. The van der Waals surface area contributed by atoms with E-state index in [-0.39, 0.29) is 23.8 Å². The second-order valence-electron chi connectivity index (χ2n) is 8.51. The number of carbonyl (C=O) groups excluding carboxylic acids is 2. The van der Waals surface area contributed by atoms with Gasteiger partial charge in [0.05, 0.1) is 18.0 Å². The van der Waals surface area contributed by atoms with Crippen LogP contribution in [0.5, 0.6) is 0 Å². The molecular weight excluding hydrogens is 428 g/mol. The minimum absolute atomic E-state index is 0.223. The summed E-state index contributed by atoms with van der Waals surface area (Å²) in [5.41, 5.74) is 4.03. The molecule has 176 valence electrons. The van der Waals surface area contributed by atoms with Crippen LogP contribution in [0.15, 0.2) is 17.0 Å². The van der Waals surface area contributed by atoms with Gasteiger partial charge in [0.25, 0.3) is 0 Å². The first-order valence-electron chi connectivity index (χ1n) is 10.7. The van der Waals surface area contributed by atoms with Crippen LogP contribution in [0.25, 0.3) is 0 Å². The highest BCUT2D eigenvalue weighted by atomic mass is 32.2. The van der Waals surface area contributed by atoms with E-state index in [0.29, 0.717) is 33.6 Å². The fourth-order valence-corrected chi connectivity index (χ4v) is 6.34. The molecule has 1 aromatic heterocycles. The van der Waals surface area contributed by atoms with Gasteiger partial charge in [-0.25, -0.2) is 13.2 Å². The van der Waals surface area contributed by atoms with Crippen LogP contribution in [0.2, 0.25) is 0 Å². The van der Waals surface area contributed by atoms with Crippen molar-refractivity contribution < 1.29 is 22.7 Å². The van der Waals surface area contributed by atoms with Crippen molar-refractivity contribution in [2.24, 2.45) is 7.05 Å². The summed E-state index contributed by atoms with van der Waals surface area (Å²) in [5.74, 6) is -0.861. The molecule has 0 saturated carbocycles. The van der Waals surface area contributed by atoms with Crippen LogP contribution >= 0.6 is 0 Å². The molecule has 0 amide bonds. The van der Waals surface area contributed by atoms with Gasteiger partial charge in [-0.05, 0) is 72.1 Å². The number of Topliss-reactive ketones (excluding diaryl/α,β-unsaturated/α-hetero) is 1. The third-order valence-corrected chi connectivity index (χ3v) is 8.05. The van der Waals surface area contributed by atoms with Gasteiger partial charge in [-0.1, -0.05) is 17.7 Å². The highest BCUT2D eigenvalue weighted by Gasteiger charge is 2.34. The maximum atomic E-state index is 13.6. The lowest BCUT2D eigenvalue weighted by Crippen LogP contribution is -2.41. The molecule has 0 radical (unpaired) electrons. The maximum absolute atomic E-state index is 13.6. The molecule has 1 heterocycles. The number of benzene rings is 1. The maximum Gasteiger partial charge on any atom is 0.355 e. The second-order valence-corrected chi connectivity index (χ2v) is 10.3. The van der Waals surface area contributed by atoms with E-state index < -0.39 is 22.0 Å². The van der Waals surface area contributed by atoms with Gasteiger partial charge in [-0.2, -0.15) is 4.31 Å². The summed E-state index contributed by atoms with van der Waals surface area (Å²) < 4.78 is 35.2. The highest BCUT2D eigenvalue weighted by Crippen LogP contribution is 2.28. The lowest BCUT2D eigenvalue weighted by atomic mass is 10.1. The molecule has 2 rings (SSSR count). The first-order valence-corrected chi connectivity index (χ1v) is 12.2. The van der Waals surface area contributed by atoms with Crippen LogP contribution in [0.3, 0.4) is 0 Å². The van der Waals surface area contributed by atoms with Gasteiger partial charge < -0.3 is 9.30 Å². The molecule has 0 atom stereocenters. The van der Waals surface area contributed by atoms with Crippen molar-refractivity contribution in [3.05, 3.63) is 51.3 Å². The van der Waals surface area contributed by atoms with Crippen molar-refractivity contribution in [3.8, 4) is 0 Å². The number of esters is 1. The van der Waals surface area contributed by atoms with Crippen LogP contribution < -0.4 is 0 Å². The Morgan fingerprint density at radius 2 is 1.59 bits per heavy atom. The van der Waals surface area contributed by atoms with Gasteiger partial charge in [-0.15, -0.1) is 0 Å². The number of nitrogens with zero attached hydrogens (tertiary/aromatic N) is 2. The number of ether oxygens (including phenoxy) is 1. The molecule has 0 unspecified atom stereocenters. The molecule has 32 heavy (non-hydrogen) atoms. The van der Waals surface area contributed by atoms with Crippen LogP contribution in [-0.2, 0) is 21.8 Å². The zero-order chi connectivity index (χ0) is 24.5. The Morgan fingerprint density at radius 3 is 2.06 bits per heavy atom. The zero-order valence-corrected chi connectivity index (χ0v) is 21.3. The Kier molecular flexibility index (Phi) is 7.73. The number of ketones is 1. The predicted octanol–water partition coefficient (Wildman–Crippen LogP) is 4.03. The van der Waals surface area contributed by atoms with Crippen molar-refractivity contribution in [3.63, 3.8) is 0 Å².